The number of benzene rings is 6. The van der Waals surface area contributed by atoms with Gasteiger partial charge < -0.3 is 0 Å². The van der Waals surface area contributed by atoms with Gasteiger partial charge in [0.05, 0.1) is 0 Å². The van der Waals surface area contributed by atoms with Crippen LogP contribution in [0.1, 0.15) is 13.8 Å². The predicted octanol–water partition coefficient (Wildman–Crippen LogP) is 8.62. The van der Waals surface area contributed by atoms with Crippen LogP contribution in [0.25, 0.3) is 0 Å². The predicted molar refractivity (Wildman–Crippen MR) is 194 cm³/mol. The minimum absolute atomic E-state index is 0. The summed E-state index contributed by atoms with van der Waals surface area (Å²) >= 11 is 0. The van der Waals surface area contributed by atoms with Crippen molar-refractivity contribution in [2.24, 2.45) is 0 Å². The maximum Gasteiger partial charge on any atom is 0 e. The van der Waals surface area contributed by atoms with E-state index in [9.17, 15) is 0 Å². The minimum atomic E-state index is -0.446. The quantitative estimate of drug-likeness (QED) is 0.117. The van der Waals surface area contributed by atoms with E-state index < -0.39 is 15.8 Å². The molecule has 6 rings (SSSR count). The fourth-order valence-electron chi connectivity index (χ4n) is 4.36. The van der Waals surface area contributed by atoms with Crippen LogP contribution in [0.5, 0.6) is 0 Å². The Morgan fingerprint density at radius 3 is 0.614 bits per heavy atom. The van der Waals surface area contributed by atoms with E-state index in [1.165, 1.54) is 31.8 Å². The Balaban J connectivity index is 0.000000205. The van der Waals surface area contributed by atoms with E-state index >= 15 is 0 Å². The average Bonchev–Trinajstić information content (AvgIpc) is 3.09. The van der Waals surface area contributed by atoms with E-state index in [0.29, 0.717) is 0 Å². The molecular formula is C41H38P2Pt. The van der Waals surface area contributed by atoms with Gasteiger partial charge in [0, 0.05) is 21.1 Å². The van der Waals surface area contributed by atoms with Gasteiger partial charge >= 0.3 is 0 Å². The molecule has 222 valence electrons. The van der Waals surface area contributed by atoms with E-state index in [-0.39, 0.29) is 21.1 Å². The largest absolute Gasteiger partial charge is 0.130 e. The Morgan fingerprint density at radius 2 is 0.500 bits per heavy atom. The van der Waals surface area contributed by atoms with Crippen molar-refractivity contribution in [3.05, 3.63) is 200 Å². The van der Waals surface area contributed by atoms with Crippen LogP contribution in [0.4, 0.5) is 0 Å². The first-order valence-electron chi connectivity index (χ1n) is 14.4. The van der Waals surface area contributed by atoms with Crippen LogP contribution in [0.15, 0.2) is 200 Å². The van der Waals surface area contributed by atoms with E-state index in [1.54, 1.807) is 0 Å². The molecule has 0 saturated carbocycles. The summed E-state index contributed by atoms with van der Waals surface area (Å²) in [5, 5.41) is 8.39. The Labute approximate surface area is 281 Å². The first kappa shape index (κ1) is 34.9. The molecule has 0 unspecified atom stereocenters. The molecule has 0 saturated heterocycles. The molecule has 44 heavy (non-hydrogen) atoms. The monoisotopic (exact) mass is 787 g/mol. The van der Waals surface area contributed by atoms with Crippen LogP contribution in [-0.2, 0) is 21.1 Å². The molecule has 3 heteroatoms. The normalized spacial score (nSPS) is 9.82. The van der Waals surface area contributed by atoms with Crippen molar-refractivity contribution in [2.75, 3.05) is 0 Å². The number of hydrogen-bond donors (Lipinski definition) is 0. The molecule has 0 atom stereocenters. The molecule has 0 N–H and O–H groups in total. The second-order valence-corrected chi connectivity index (χ2v) is 14.3. The van der Waals surface area contributed by atoms with Gasteiger partial charge in [-0.25, -0.2) is 0 Å². The Hall–Kier alpha value is -3.61. The number of allylic oxidation sites excluding steroid dienone is 1. The van der Waals surface area contributed by atoms with Crippen LogP contribution in [0.3, 0.4) is 0 Å². The molecule has 0 nitrogen and oxygen atoms in total. The van der Waals surface area contributed by atoms with Gasteiger partial charge in [0.2, 0.25) is 0 Å². The van der Waals surface area contributed by atoms with E-state index in [4.69, 9.17) is 0 Å². The standard InChI is InChI=1S/2C18H15P.C5H8.Pt/c2*1-4-10-16(11-5-1)19(17-12-6-2-7-13-17)18-14-8-3-9-15-18;1-4-5(2)3;/h2*1-15H;1H2,2-3H3;. The first-order valence-corrected chi connectivity index (χ1v) is 17.1. The SMILES string of the molecule is C=C=C(C)C.[Pt].c1ccc(P(c2ccccc2)c2ccccc2)cc1.c1ccc(P(c2ccccc2)c2ccccc2)cc1. The van der Waals surface area contributed by atoms with Gasteiger partial charge in [0.15, 0.2) is 0 Å². The summed E-state index contributed by atoms with van der Waals surface area (Å²) in [6.45, 7) is 7.33. The molecule has 0 aromatic heterocycles. The fourth-order valence-corrected chi connectivity index (χ4v) is 8.97. The van der Waals surface area contributed by atoms with Crippen LogP contribution in [0, 0.1) is 0 Å². The van der Waals surface area contributed by atoms with Gasteiger partial charge in [0.1, 0.15) is 0 Å². The molecule has 0 aliphatic rings. The third-order valence-electron chi connectivity index (χ3n) is 6.44. The molecule has 0 heterocycles. The van der Waals surface area contributed by atoms with E-state index in [0.717, 1.165) is 5.57 Å². The first-order chi connectivity index (χ1) is 21.2. The summed E-state index contributed by atoms with van der Waals surface area (Å²) in [6.07, 6.45) is 0. The third kappa shape index (κ3) is 10.8. The van der Waals surface area contributed by atoms with Gasteiger partial charge in [0.25, 0.3) is 0 Å². The van der Waals surface area contributed by atoms with Gasteiger partial charge in [-0.3, -0.25) is 0 Å². The molecule has 0 radical (unpaired) electrons. The molecule has 0 aliphatic heterocycles. The molecule has 0 spiro atoms. The summed E-state index contributed by atoms with van der Waals surface area (Å²) < 4.78 is 0. The van der Waals surface area contributed by atoms with Gasteiger partial charge in [-0.1, -0.05) is 189 Å². The Morgan fingerprint density at radius 1 is 0.364 bits per heavy atom. The van der Waals surface area contributed by atoms with Crippen molar-refractivity contribution in [3.8, 4) is 0 Å². The van der Waals surface area contributed by atoms with Gasteiger partial charge in [-0.15, -0.1) is 5.73 Å². The van der Waals surface area contributed by atoms with E-state index in [2.05, 4.69) is 194 Å². The zero-order valence-corrected chi connectivity index (χ0v) is 29.3. The zero-order chi connectivity index (χ0) is 30.1. The van der Waals surface area contributed by atoms with Crippen LogP contribution < -0.4 is 31.8 Å². The van der Waals surface area contributed by atoms with Crippen LogP contribution in [0.2, 0.25) is 0 Å². The van der Waals surface area contributed by atoms with Crippen LogP contribution >= 0.6 is 15.8 Å². The second-order valence-electron chi connectivity index (χ2n) is 9.86. The molecule has 0 bridgehead atoms. The molecule has 0 aliphatic carbocycles. The van der Waals surface area contributed by atoms with E-state index in [1.807, 2.05) is 13.8 Å². The van der Waals surface area contributed by atoms with Crippen LogP contribution in [-0.4, -0.2) is 0 Å². The molecular weight excluding hydrogens is 749 g/mol. The smallest absolute Gasteiger partial charge is 0 e. The van der Waals surface area contributed by atoms with Gasteiger partial charge in [-0.05, 0) is 67.1 Å². The average molecular weight is 788 g/mol. The molecule has 0 amide bonds. The van der Waals surface area contributed by atoms with Crippen molar-refractivity contribution >= 4 is 47.7 Å². The van der Waals surface area contributed by atoms with Crippen molar-refractivity contribution in [1.82, 2.24) is 0 Å². The number of rotatable bonds is 6. The zero-order valence-electron chi connectivity index (χ0n) is 25.2. The second kappa shape index (κ2) is 19.6. The van der Waals surface area contributed by atoms with Crippen molar-refractivity contribution in [3.63, 3.8) is 0 Å². The Bertz CT molecular complexity index is 1340. The maximum atomic E-state index is 3.40. The number of hydrogen-bond acceptors (Lipinski definition) is 0. The summed E-state index contributed by atoms with van der Waals surface area (Å²) in [5.74, 6) is 0. The van der Waals surface area contributed by atoms with Gasteiger partial charge in [-0.2, -0.15) is 0 Å². The topological polar surface area (TPSA) is 0 Å². The fraction of sp³-hybridized carbons (Fsp3) is 0.0488. The van der Waals surface area contributed by atoms with Crippen molar-refractivity contribution in [1.29, 1.82) is 0 Å². The van der Waals surface area contributed by atoms with Crippen molar-refractivity contribution in [2.45, 2.75) is 13.8 Å². The molecule has 6 aromatic rings. The third-order valence-corrected chi connectivity index (χ3v) is 11.3. The summed E-state index contributed by atoms with van der Waals surface area (Å²) in [7, 11) is -0.892. The summed E-state index contributed by atoms with van der Waals surface area (Å²) in [5.41, 5.74) is 3.84. The summed E-state index contributed by atoms with van der Waals surface area (Å²) in [4.78, 5) is 0. The van der Waals surface area contributed by atoms with Crippen molar-refractivity contribution < 1.29 is 21.1 Å². The molecule has 6 aromatic carbocycles. The minimum Gasteiger partial charge on any atom is -0.130 e. The Kier molecular flexibility index (Phi) is 15.6. The maximum absolute atomic E-state index is 3.40. The summed E-state index contributed by atoms with van der Waals surface area (Å²) in [6, 6.07) is 64.7. The molecule has 0 fully saturated rings.